The highest BCUT2D eigenvalue weighted by atomic mass is 16.6. The van der Waals surface area contributed by atoms with Gasteiger partial charge in [0, 0.05) is 6.54 Å². The third kappa shape index (κ3) is 5.10. The number of rotatable bonds is 10. The van der Waals surface area contributed by atoms with Gasteiger partial charge in [-0.2, -0.15) is 4.98 Å². The van der Waals surface area contributed by atoms with Crippen molar-refractivity contribution in [3.05, 3.63) is 64.5 Å². The Bertz CT molecular complexity index is 1060. The topological polar surface area (TPSA) is 118 Å². The first kappa shape index (κ1) is 21.6. The molecule has 0 unspecified atom stereocenters. The summed E-state index contributed by atoms with van der Waals surface area (Å²) >= 11 is 0. The van der Waals surface area contributed by atoms with Crippen molar-refractivity contribution in [1.82, 2.24) is 9.97 Å². The van der Waals surface area contributed by atoms with Crippen LogP contribution < -0.4 is 24.3 Å². The van der Waals surface area contributed by atoms with E-state index in [4.69, 9.17) is 18.9 Å². The molecule has 0 bridgehead atoms. The van der Waals surface area contributed by atoms with E-state index in [1.165, 1.54) is 13.4 Å². The molecule has 1 aromatic heterocycles. The van der Waals surface area contributed by atoms with Gasteiger partial charge in [-0.15, -0.1) is 0 Å². The lowest BCUT2D eigenvalue weighted by Crippen LogP contribution is -2.10. The molecule has 0 aliphatic rings. The van der Waals surface area contributed by atoms with Gasteiger partial charge in [0.1, 0.15) is 6.33 Å². The van der Waals surface area contributed by atoms with Gasteiger partial charge >= 0.3 is 11.6 Å². The monoisotopic (exact) mass is 426 g/mol. The normalized spacial score (nSPS) is 10.3. The van der Waals surface area contributed by atoms with E-state index in [9.17, 15) is 10.1 Å². The van der Waals surface area contributed by atoms with Crippen LogP contribution in [0.1, 0.15) is 5.56 Å². The fourth-order valence-electron chi connectivity index (χ4n) is 2.90. The molecule has 3 rings (SSSR count). The number of aromatic nitrogens is 2. The summed E-state index contributed by atoms with van der Waals surface area (Å²) in [5.41, 5.74) is 0.605. The molecule has 162 valence electrons. The van der Waals surface area contributed by atoms with Crippen LogP contribution >= 0.6 is 0 Å². The second-order valence-corrected chi connectivity index (χ2v) is 6.25. The maximum Gasteiger partial charge on any atom is 0.373 e. The van der Waals surface area contributed by atoms with Crippen molar-refractivity contribution in [2.24, 2.45) is 0 Å². The number of nitrogens with one attached hydrogen (secondary N) is 1. The third-order valence-corrected chi connectivity index (χ3v) is 4.40. The second kappa shape index (κ2) is 10.1. The average Bonchev–Trinajstić information content (AvgIpc) is 2.79. The van der Waals surface area contributed by atoms with E-state index < -0.39 is 4.92 Å². The Kier molecular flexibility index (Phi) is 7.05. The summed E-state index contributed by atoms with van der Waals surface area (Å²) in [5.74, 6) is 1.86. The fraction of sp³-hybridized carbons (Fsp3) is 0.238. The molecule has 10 heteroatoms. The van der Waals surface area contributed by atoms with Crippen LogP contribution in [0.3, 0.4) is 0 Å². The van der Waals surface area contributed by atoms with Gasteiger partial charge in [0.2, 0.25) is 5.82 Å². The molecule has 31 heavy (non-hydrogen) atoms. The number of benzene rings is 2. The Balaban J connectivity index is 1.77. The number of nitrogens with zero attached hydrogens (tertiary/aromatic N) is 3. The van der Waals surface area contributed by atoms with Crippen molar-refractivity contribution < 1.29 is 23.9 Å². The first-order valence-electron chi connectivity index (χ1n) is 9.32. The minimum absolute atomic E-state index is 0.0605. The molecule has 0 saturated carbocycles. The first-order valence-corrected chi connectivity index (χ1v) is 9.32. The van der Waals surface area contributed by atoms with Gasteiger partial charge in [0.15, 0.2) is 23.0 Å². The van der Waals surface area contributed by atoms with Crippen molar-refractivity contribution >= 4 is 11.5 Å². The summed E-state index contributed by atoms with van der Waals surface area (Å²) in [6, 6.07) is 12.4. The van der Waals surface area contributed by atoms with Crippen LogP contribution in [-0.4, -0.2) is 42.8 Å². The van der Waals surface area contributed by atoms with Gasteiger partial charge in [-0.3, -0.25) is 10.1 Å². The van der Waals surface area contributed by atoms with Gasteiger partial charge in [-0.05, 0) is 36.2 Å². The molecule has 1 heterocycles. The van der Waals surface area contributed by atoms with Crippen LogP contribution in [0.15, 0.2) is 48.8 Å². The highest BCUT2D eigenvalue weighted by Gasteiger charge is 2.25. The van der Waals surface area contributed by atoms with E-state index in [1.807, 2.05) is 12.1 Å². The van der Waals surface area contributed by atoms with Crippen LogP contribution in [0.25, 0.3) is 0 Å². The Labute approximate surface area is 178 Å². The number of nitro groups is 1. The number of methoxy groups -OCH3 is 3. The molecule has 1 N–H and O–H groups in total. The number of anilines is 1. The zero-order chi connectivity index (χ0) is 22.2. The summed E-state index contributed by atoms with van der Waals surface area (Å²) in [6.45, 7) is 0.390. The summed E-state index contributed by atoms with van der Waals surface area (Å²) in [4.78, 5) is 19.1. The van der Waals surface area contributed by atoms with E-state index in [1.54, 1.807) is 44.6 Å². The van der Waals surface area contributed by atoms with E-state index in [0.29, 0.717) is 36.0 Å². The van der Waals surface area contributed by atoms with Crippen LogP contribution in [0, 0.1) is 10.1 Å². The molecule has 0 fully saturated rings. The van der Waals surface area contributed by atoms with E-state index >= 15 is 0 Å². The van der Waals surface area contributed by atoms with Gasteiger partial charge in [0.05, 0.1) is 26.3 Å². The van der Waals surface area contributed by atoms with Crippen molar-refractivity contribution in [1.29, 1.82) is 0 Å². The maximum absolute atomic E-state index is 11.7. The summed E-state index contributed by atoms with van der Waals surface area (Å²) in [5, 5.41) is 14.7. The quantitative estimate of drug-likeness (QED) is 0.381. The number of hydrogen-bond acceptors (Lipinski definition) is 9. The second-order valence-electron chi connectivity index (χ2n) is 6.25. The van der Waals surface area contributed by atoms with Crippen LogP contribution in [0.2, 0.25) is 0 Å². The molecule has 0 saturated heterocycles. The number of ether oxygens (including phenoxy) is 4. The Morgan fingerprint density at radius 3 is 2.29 bits per heavy atom. The molecule has 0 amide bonds. The van der Waals surface area contributed by atoms with Gasteiger partial charge < -0.3 is 24.3 Å². The Morgan fingerprint density at radius 1 is 0.935 bits per heavy atom. The lowest BCUT2D eigenvalue weighted by atomic mass is 10.1. The van der Waals surface area contributed by atoms with Crippen molar-refractivity contribution in [3.8, 4) is 28.9 Å². The SMILES string of the molecule is COc1ccc(CCNc2ncnc(Oc3ccccc3OC)c2[N+](=O)[O-])cc1OC. The molecule has 3 aromatic rings. The lowest BCUT2D eigenvalue weighted by Gasteiger charge is -2.12. The predicted molar refractivity (Wildman–Crippen MR) is 113 cm³/mol. The molecule has 0 atom stereocenters. The summed E-state index contributed by atoms with van der Waals surface area (Å²) in [7, 11) is 4.61. The van der Waals surface area contributed by atoms with Gasteiger partial charge in [-0.1, -0.05) is 18.2 Å². The van der Waals surface area contributed by atoms with Crippen LogP contribution in [0.5, 0.6) is 28.9 Å². The number of para-hydroxylation sites is 2. The minimum Gasteiger partial charge on any atom is -0.493 e. The smallest absolute Gasteiger partial charge is 0.373 e. The molecule has 0 spiro atoms. The maximum atomic E-state index is 11.7. The molecule has 0 aliphatic heterocycles. The zero-order valence-electron chi connectivity index (χ0n) is 17.3. The molecule has 0 radical (unpaired) electrons. The van der Waals surface area contributed by atoms with Crippen molar-refractivity contribution in [3.63, 3.8) is 0 Å². The van der Waals surface area contributed by atoms with Crippen LogP contribution in [0.4, 0.5) is 11.5 Å². The molecule has 0 aliphatic carbocycles. The predicted octanol–water partition coefficient (Wildman–Crippen LogP) is 3.86. The molecular formula is C21H22N4O6. The van der Waals surface area contributed by atoms with E-state index in [0.717, 1.165) is 5.56 Å². The average molecular weight is 426 g/mol. The lowest BCUT2D eigenvalue weighted by molar-refractivity contribution is -0.385. The summed E-state index contributed by atoms with van der Waals surface area (Å²) < 4.78 is 21.4. The Hall–Kier alpha value is -4.08. The molecular weight excluding hydrogens is 404 g/mol. The molecule has 10 nitrogen and oxygen atoms in total. The summed E-state index contributed by atoms with van der Waals surface area (Å²) in [6.07, 6.45) is 1.78. The van der Waals surface area contributed by atoms with E-state index in [2.05, 4.69) is 15.3 Å². The molecule has 2 aromatic carbocycles. The number of hydrogen-bond donors (Lipinski definition) is 1. The highest BCUT2D eigenvalue weighted by molar-refractivity contribution is 5.62. The van der Waals surface area contributed by atoms with Crippen molar-refractivity contribution in [2.45, 2.75) is 6.42 Å². The third-order valence-electron chi connectivity index (χ3n) is 4.40. The van der Waals surface area contributed by atoms with Gasteiger partial charge in [-0.25, -0.2) is 4.98 Å². The highest BCUT2D eigenvalue weighted by Crippen LogP contribution is 2.37. The van der Waals surface area contributed by atoms with Crippen LogP contribution in [-0.2, 0) is 6.42 Å². The minimum atomic E-state index is -0.580. The first-order chi connectivity index (χ1) is 15.1. The van der Waals surface area contributed by atoms with E-state index in [-0.39, 0.29) is 17.4 Å². The standard InChI is InChI=1S/C21H22N4O6/c1-28-15-6-4-5-7-17(15)31-21-19(25(26)27)20(23-13-24-21)22-11-10-14-8-9-16(29-2)18(12-14)30-3/h4-9,12-13H,10-11H2,1-3H3,(H,22,23,24). The fourth-order valence-corrected chi connectivity index (χ4v) is 2.90. The van der Waals surface area contributed by atoms with Crippen molar-refractivity contribution in [2.75, 3.05) is 33.2 Å². The van der Waals surface area contributed by atoms with Gasteiger partial charge in [0.25, 0.3) is 0 Å². The Morgan fingerprint density at radius 2 is 1.61 bits per heavy atom. The zero-order valence-corrected chi connectivity index (χ0v) is 17.3. The largest absolute Gasteiger partial charge is 0.493 e.